The first kappa shape index (κ1) is 10.6. The Morgan fingerprint density at radius 3 is 2.33 bits per heavy atom. The van der Waals surface area contributed by atoms with E-state index in [9.17, 15) is 8.42 Å². The van der Waals surface area contributed by atoms with E-state index in [2.05, 4.69) is 0 Å². The highest BCUT2D eigenvalue weighted by atomic mass is 32.2. The summed E-state index contributed by atoms with van der Waals surface area (Å²) in [6.45, 7) is 1.84. The summed E-state index contributed by atoms with van der Waals surface area (Å²) in [4.78, 5) is 0. The molecule has 0 spiro atoms. The maximum absolute atomic E-state index is 11.5. The largest absolute Gasteiger partial charge is 0.339 e. The lowest BCUT2D eigenvalue weighted by Gasteiger charge is -2.14. The van der Waals surface area contributed by atoms with Crippen molar-refractivity contribution >= 4 is 10.3 Å². The van der Waals surface area contributed by atoms with Crippen molar-refractivity contribution in [2.75, 3.05) is 7.05 Å². The summed E-state index contributed by atoms with van der Waals surface area (Å²) in [6.07, 6.45) is -0.402. The molecule has 1 aliphatic rings. The quantitative estimate of drug-likeness (QED) is 0.727. The number of nitrogens with zero attached hydrogens (tertiary/aromatic N) is 1. The predicted octanol–water partition coefficient (Wildman–Crippen LogP) is 1.32. The van der Waals surface area contributed by atoms with Crippen LogP contribution in [0.2, 0.25) is 0 Å². The Hall–Kier alpha value is -0.910. The molecule has 0 amide bonds. The lowest BCUT2D eigenvalue weighted by molar-refractivity contribution is 0.212. The third-order valence-corrected chi connectivity index (χ3v) is 4.21. The standard InChI is InChI=1S/C10H13NO3S/c1-8-10(9-6-4-3-5-7-9)14-15(12,13)11(8)2/h3-8,10H,1-2H3/t8-,10+/m0/s1. The van der Waals surface area contributed by atoms with Crippen LogP contribution in [0.15, 0.2) is 30.3 Å². The molecule has 82 valence electrons. The minimum Gasteiger partial charge on any atom is -0.248 e. The van der Waals surface area contributed by atoms with Gasteiger partial charge in [0, 0.05) is 7.05 Å². The molecule has 0 bridgehead atoms. The Bertz CT molecular complexity index is 443. The van der Waals surface area contributed by atoms with E-state index in [0.717, 1.165) is 5.56 Å². The average molecular weight is 227 g/mol. The van der Waals surface area contributed by atoms with E-state index >= 15 is 0 Å². The van der Waals surface area contributed by atoms with Crippen LogP contribution < -0.4 is 0 Å². The lowest BCUT2D eigenvalue weighted by atomic mass is 10.0. The lowest BCUT2D eigenvalue weighted by Crippen LogP contribution is -2.28. The summed E-state index contributed by atoms with van der Waals surface area (Å²) in [7, 11) is -2.01. The fraction of sp³-hybridized carbons (Fsp3) is 0.400. The van der Waals surface area contributed by atoms with Crippen LogP contribution in [0, 0.1) is 0 Å². The summed E-state index contributed by atoms with van der Waals surface area (Å²) in [5.41, 5.74) is 0.887. The van der Waals surface area contributed by atoms with Crippen molar-refractivity contribution in [3.63, 3.8) is 0 Å². The van der Waals surface area contributed by atoms with Crippen LogP contribution in [0.25, 0.3) is 0 Å². The van der Waals surface area contributed by atoms with Crippen LogP contribution in [0.1, 0.15) is 18.6 Å². The molecular weight excluding hydrogens is 214 g/mol. The first-order valence-corrected chi connectivity index (χ1v) is 6.10. The van der Waals surface area contributed by atoms with Crippen molar-refractivity contribution in [2.24, 2.45) is 0 Å². The third-order valence-electron chi connectivity index (χ3n) is 2.72. The van der Waals surface area contributed by atoms with E-state index in [1.807, 2.05) is 37.3 Å². The van der Waals surface area contributed by atoms with Gasteiger partial charge in [0.15, 0.2) is 0 Å². The molecule has 1 aromatic rings. The normalized spacial score (nSPS) is 30.5. The smallest absolute Gasteiger partial charge is 0.248 e. The maximum Gasteiger partial charge on any atom is 0.339 e. The molecule has 1 fully saturated rings. The van der Waals surface area contributed by atoms with E-state index in [1.54, 1.807) is 0 Å². The van der Waals surface area contributed by atoms with Crippen LogP contribution in [0.5, 0.6) is 0 Å². The molecule has 5 heteroatoms. The van der Waals surface area contributed by atoms with E-state index < -0.39 is 16.4 Å². The van der Waals surface area contributed by atoms with Gasteiger partial charge in [-0.2, -0.15) is 12.7 Å². The van der Waals surface area contributed by atoms with Gasteiger partial charge in [-0.1, -0.05) is 30.3 Å². The van der Waals surface area contributed by atoms with E-state index in [4.69, 9.17) is 4.18 Å². The summed E-state index contributed by atoms with van der Waals surface area (Å²) in [5.74, 6) is 0. The van der Waals surface area contributed by atoms with Gasteiger partial charge in [-0.05, 0) is 12.5 Å². The molecule has 2 atom stereocenters. The number of benzene rings is 1. The number of hydrogen-bond donors (Lipinski definition) is 0. The zero-order chi connectivity index (χ0) is 11.1. The van der Waals surface area contributed by atoms with Gasteiger partial charge in [-0.3, -0.25) is 0 Å². The summed E-state index contributed by atoms with van der Waals surface area (Å²) in [6, 6.07) is 9.21. The molecule has 1 heterocycles. The molecule has 0 aliphatic carbocycles. The molecule has 15 heavy (non-hydrogen) atoms. The van der Waals surface area contributed by atoms with E-state index in [0.29, 0.717) is 0 Å². The van der Waals surface area contributed by atoms with Gasteiger partial charge in [0.25, 0.3) is 0 Å². The van der Waals surface area contributed by atoms with Crippen LogP contribution in [0.4, 0.5) is 0 Å². The number of rotatable bonds is 1. The Morgan fingerprint density at radius 1 is 1.27 bits per heavy atom. The van der Waals surface area contributed by atoms with Crippen LogP contribution in [0.3, 0.4) is 0 Å². The van der Waals surface area contributed by atoms with Crippen molar-refractivity contribution in [3.8, 4) is 0 Å². The van der Waals surface area contributed by atoms with Crippen molar-refractivity contribution < 1.29 is 12.6 Å². The number of hydrogen-bond acceptors (Lipinski definition) is 3. The highest BCUT2D eigenvalue weighted by Gasteiger charge is 2.41. The van der Waals surface area contributed by atoms with Gasteiger partial charge in [0.2, 0.25) is 0 Å². The topological polar surface area (TPSA) is 46.6 Å². The van der Waals surface area contributed by atoms with Gasteiger partial charge < -0.3 is 0 Å². The molecule has 1 aromatic carbocycles. The Labute approximate surface area is 89.7 Å². The highest BCUT2D eigenvalue weighted by Crippen LogP contribution is 2.34. The van der Waals surface area contributed by atoms with Crippen molar-refractivity contribution in [1.29, 1.82) is 0 Å². The fourth-order valence-corrected chi connectivity index (χ4v) is 2.84. The van der Waals surface area contributed by atoms with Crippen molar-refractivity contribution in [1.82, 2.24) is 4.31 Å². The van der Waals surface area contributed by atoms with Crippen LogP contribution >= 0.6 is 0 Å². The Balaban J connectivity index is 2.35. The number of likely N-dealkylation sites (N-methyl/N-ethyl adjacent to an activating group) is 1. The molecule has 0 saturated carbocycles. The van der Waals surface area contributed by atoms with Crippen LogP contribution in [-0.4, -0.2) is 25.8 Å². The van der Waals surface area contributed by atoms with Crippen LogP contribution in [-0.2, 0) is 14.5 Å². The molecule has 2 rings (SSSR count). The van der Waals surface area contributed by atoms with Gasteiger partial charge in [0.1, 0.15) is 6.10 Å². The molecule has 0 aromatic heterocycles. The molecular formula is C10H13NO3S. The fourth-order valence-electron chi connectivity index (χ4n) is 1.65. The molecule has 1 saturated heterocycles. The monoisotopic (exact) mass is 227 g/mol. The molecule has 0 radical (unpaired) electrons. The highest BCUT2D eigenvalue weighted by molar-refractivity contribution is 7.84. The second-order valence-electron chi connectivity index (χ2n) is 3.64. The average Bonchev–Trinajstić information content (AvgIpc) is 2.44. The molecule has 1 aliphatic heterocycles. The van der Waals surface area contributed by atoms with E-state index in [1.165, 1.54) is 11.4 Å². The van der Waals surface area contributed by atoms with E-state index in [-0.39, 0.29) is 6.04 Å². The molecule has 0 N–H and O–H groups in total. The van der Waals surface area contributed by atoms with Gasteiger partial charge in [0.05, 0.1) is 6.04 Å². The summed E-state index contributed by atoms with van der Waals surface area (Å²) in [5, 5.41) is 0. The second-order valence-corrected chi connectivity index (χ2v) is 5.27. The minimum absolute atomic E-state index is 0.169. The Kier molecular flexibility index (Phi) is 2.54. The third kappa shape index (κ3) is 1.78. The summed E-state index contributed by atoms with van der Waals surface area (Å²) < 4.78 is 29.2. The van der Waals surface area contributed by atoms with Gasteiger partial charge in [-0.15, -0.1) is 0 Å². The maximum atomic E-state index is 11.5. The SMILES string of the molecule is C[C@H]1[C@H](c2ccccc2)OS(=O)(=O)N1C. The van der Waals surface area contributed by atoms with Crippen molar-refractivity contribution in [3.05, 3.63) is 35.9 Å². The van der Waals surface area contributed by atoms with Gasteiger partial charge >= 0.3 is 10.3 Å². The second kappa shape index (κ2) is 3.59. The zero-order valence-corrected chi connectivity index (χ0v) is 9.44. The Morgan fingerprint density at radius 2 is 1.87 bits per heavy atom. The first-order chi connectivity index (χ1) is 7.02. The zero-order valence-electron chi connectivity index (χ0n) is 8.62. The van der Waals surface area contributed by atoms with Crippen molar-refractivity contribution in [2.45, 2.75) is 19.1 Å². The molecule has 4 nitrogen and oxygen atoms in total. The van der Waals surface area contributed by atoms with Gasteiger partial charge in [-0.25, -0.2) is 4.18 Å². The first-order valence-electron chi connectivity index (χ1n) is 4.73. The predicted molar refractivity (Wildman–Crippen MR) is 56.4 cm³/mol. The summed E-state index contributed by atoms with van der Waals surface area (Å²) >= 11 is 0. The molecule has 0 unspecified atom stereocenters. The minimum atomic E-state index is -3.54.